The van der Waals surface area contributed by atoms with E-state index in [9.17, 15) is 9.90 Å². The van der Waals surface area contributed by atoms with Gasteiger partial charge in [-0.1, -0.05) is 12.1 Å². The van der Waals surface area contributed by atoms with Crippen LogP contribution in [0.15, 0.2) is 48.8 Å². The second kappa shape index (κ2) is 6.58. The molecular weight excluding hydrogens is 312 g/mol. The van der Waals surface area contributed by atoms with Crippen LogP contribution in [0.3, 0.4) is 0 Å². The summed E-state index contributed by atoms with van der Waals surface area (Å²) < 4.78 is 5.13. The molecule has 3 rings (SSSR count). The zero-order chi connectivity index (χ0) is 16.2. The van der Waals surface area contributed by atoms with Crippen LogP contribution in [-0.2, 0) is 6.42 Å². The first-order valence-corrected chi connectivity index (χ1v) is 7.75. The fourth-order valence-corrected chi connectivity index (χ4v) is 3.10. The molecule has 1 aromatic carbocycles. The van der Waals surface area contributed by atoms with E-state index >= 15 is 0 Å². The third-order valence-corrected chi connectivity index (χ3v) is 4.47. The van der Waals surface area contributed by atoms with Crippen molar-refractivity contribution in [2.24, 2.45) is 0 Å². The van der Waals surface area contributed by atoms with Crippen LogP contribution in [0.4, 0.5) is 0 Å². The summed E-state index contributed by atoms with van der Waals surface area (Å²) in [5.41, 5.74) is 2.36. The number of thiazole rings is 1. The van der Waals surface area contributed by atoms with Crippen LogP contribution in [-0.4, -0.2) is 28.2 Å². The van der Waals surface area contributed by atoms with Gasteiger partial charge in [-0.25, -0.2) is 9.78 Å². The third kappa shape index (κ3) is 3.37. The summed E-state index contributed by atoms with van der Waals surface area (Å²) in [5, 5.41) is 10.1. The topological polar surface area (TPSA) is 72.3 Å². The van der Waals surface area contributed by atoms with Crippen LogP contribution in [0.5, 0.6) is 5.75 Å². The molecule has 1 N–H and O–H groups in total. The average molecular weight is 326 g/mol. The van der Waals surface area contributed by atoms with Crippen LogP contribution >= 0.6 is 11.3 Å². The molecule has 0 amide bonds. The highest BCUT2D eigenvalue weighted by atomic mass is 32.1. The first-order chi connectivity index (χ1) is 11.2. The number of nitrogens with zero attached hydrogens (tertiary/aromatic N) is 2. The molecule has 116 valence electrons. The van der Waals surface area contributed by atoms with Gasteiger partial charge in [0.1, 0.15) is 15.6 Å². The molecule has 0 fully saturated rings. The van der Waals surface area contributed by atoms with E-state index in [1.54, 1.807) is 25.6 Å². The first kappa shape index (κ1) is 15.2. The number of aromatic nitrogens is 2. The van der Waals surface area contributed by atoms with Crippen molar-refractivity contribution in [3.8, 4) is 16.3 Å². The summed E-state index contributed by atoms with van der Waals surface area (Å²) in [4.78, 5) is 20.3. The van der Waals surface area contributed by atoms with E-state index in [1.807, 2.05) is 30.3 Å². The number of carboxylic acids is 1. The summed E-state index contributed by atoms with van der Waals surface area (Å²) in [6, 6.07) is 11.2. The lowest BCUT2D eigenvalue weighted by Gasteiger charge is -2.02. The Morgan fingerprint density at radius 2 is 2.04 bits per heavy atom. The fraction of sp³-hybridized carbons (Fsp3) is 0.118. The minimum absolute atomic E-state index is 0.264. The Morgan fingerprint density at radius 1 is 1.26 bits per heavy atom. The molecule has 0 spiro atoms. The van der Waals surface area contributed by atoms with E-state index in [0.29, 0.717) is 17.1 Å². The van der Waals surface area contributed by atoms with E-state index in [0.717, 1.165) is 16.9 Å². The van der Waals surface area contributed by atoms with Crippen molar-refractivity contribution >= 4 is 17.3 Å². The number of benzene rings is 1. The van der Waals surface area contributed by atoms with E-state index in [-0.39, 0.29) is 4.88 Å². The Bertz CT molecular complexity index is 814. The Kier molecular flexibility index (Phi) is 4.34. The molecule has 6 heteroatoms. The van der Waals surface area contributed by atoms with Crippen LogP contribution in [0.25, 0.3) is 10.6 Å². The van der Waals surface area contributed by atoms with Crippen molar-refractivity contribution in [1.82, 2.24) is 9.97 Å². The Morgan fingerprint density at radius 3 is 2.65 bits per heavy atom. The fourth-order valence-electron chi connectivity index (χ4n) is 2.19. The van der Waals surface area contributed by atoms with Gasteiger partial charge in [0.2, 0.25) is 0 Å². The Labute approximate surface area is 137 Å². The number of ether oxygens (including phenoxy) is 1. The van der Waals surface area contributed by atoms with Gasteiger partial charge in [-0.05, 0) is 29.8 Å². The lowest BCUT2D eigenvalue weighted by molar-refractivity contribution is 0.0701. The summed E-state index contributed by atoms with van der Waals surface area (Å²) >= 11 is 1.17. The van der Waals surface area contributed by atoms with Gasteiger partial charge in [0.05, 0.1) is 12.8 Å². The van der Waals surface area contributed by atoms with Crippen molar-refractivity contribution in [3.05, 3.63) is 64.9 Å². The average Bonchev–Trinajstić information content (AvgIpc) is 3.00. The van der Waals surface area contributed by atoms with Crippen molar-refractivity contribution in [3.63, 3.8) is 0 Å². The van der Waals surface area contributed by atoms with Crippen molar-refractivity contribution in [2.75, 3.05) is 7.11 Å². The monoisotopic (exact) mass is 326 g/mol. The smallest absolute Gasteiger partial charge is 0.347 e. The molecule has 2 aromatic heterocycles. The summed E-state index contributed by atoms with van der Waals surface area (Å²) in [6.07, 6.45) is 3.82. The number of hydrogen-bond acceptors (Lipinski definition) is 5. The van der Waals surface area contributed by atoms with Gasteiger partial charge in [0.15, 0.2) is 0 Å². The molecule has 0 bridgehead atoms. The lowest BCUT2D eigenvalue weighted by Crippen LogP contribution is -2.00. The van der Waals surface area contributed by atoms with Crippen LogP contribution in [0.1, 0.15) is 20.9 Å². The normalized spacial score (nSPS) is 10.5. The zero-order valence-corrected chi connectivity index (χ0v) is 13.2. The molecular formula is C17H14N2O3S. The number of hydrogen-bond donors (Lipinski definition) is 1. The second-order valence-corrected chi connectivity index (χ2v) is 5.87. The number of carboxylic acid groups (broad SMARTS) is 1. The summed E-state index contributed by atoms with van der Waals surface area (Å²) in [7, 11) is 1.61. The zero-order valence-electron chi connectivity index (χ0n) is 12.4. The molecule has 0 saturated heterocycles. The molecule has 0 atom stereocenters. The van der Waals surface area contributed by atoms with Crippen LogP contribution in [0.2, 0.25) is 0 Å². The first-order valence-electron chi connectivity index (χ1n) is 6.93. The van der Waals surface area contributed by atoms with Gasteiger partial charge in [-0.3, -0.25) is 4.98 Å². The van der Waals surface area contributed by atoms with Gasteiger partial charge in [-0.2, -0.15) is 0 Å². The number of methoxy groups -OCH3 is 1. The predicted octanol–water partition coefficient (Wildman–Crippen LogP) is 3.50. The van der Waals surface area contributed by atoms with Gasteiger partial charge < -0.3 is 9.84 Å². The second-order valence-electron chi connectivity index (χ2n) is 4.87. The molecule has 3 aromatic rings. The van der Waals surface area contributed by atoms with Gasteiger partial charge >= 0.3 is 5.97 Å². The highest BCUT2D eigenvalue weighted by Crippen LogP contribution is 2.29. The maximum Gasteiger partial charge on any atom is 0.347 e. The van der Waals surface area contributed by atoms with E-state index < -0.39 is 5.97 Å². The molecule has 0 aliphatic heterocycles. The van der Waals surface area contributed by atoms with E-state index in [2.05, 4.69) is 9.97 Å². The predicted molar refractivity (Wildman–Crippen MR) is 88.1 cm³/mol. The highest BCUT2D eigenvalue weighted by Gasteiger charge is 2.18. The van der Waals surface area contributed by atoms with Crippen LogP contribution in [0, 0.1) is 0 Å². The third-order valence-electron chi connectivity index (χ3n) is 3.33. The molecule has 23 heavy (non-hydrogen) atoms. The van der Waals surface area contributed by atoms with E-state index in [4.69, 9.17) is 4.74 Å². The van der Waals surface area contributed by atoms with E-state index in [1.165, 1.54) is 11.3 Å². The van der Waals surface area contributed by atoms with Crippen molar-refractivity contribution in [2.45, 2.75) is 6.42 Å². The number of pyridine rings is 1. The van der Waals surface area contributed by atoms with Crippen molar-refractivity contribution in [1.29, 1.82) is 0 Å². The lowest BCUT2D eigenvalue weighted by atomic mass is 10.1. The number of rotatable bonds is 5. The molecule has 0 unspecified atom stereocenters. The maximum absolute atomic E-state index is 11.5. The Balaban J connectivity index is 1.94. The quantitative estimate of drug-likeness (QED) is 0.777. The van der Waals surface area contributed by atoms with Gasteiger partial charge in [0, 0.05) is 24.4 Å². The molecule has 5 nitrogen and oxygen atoms in total. The maximum atomic E-state index is 11.5. The SMILES string of the molecule is COc1ccc(Cc2nc(-c3cccnc3)sc2C(=O)O)cc1. The minimum atomic E-state index is -0.957. The highest BCUT2D eigenvalue weighted by molar-refractivity contribution is 7.17. The summed E-state index contributed by atoms with van der Waals surface area (Å²) in [5.74, 6) is -0.192. The van der Waals surface area contributed by atoms with Gasteiger partial charge in [0.25, 0.3) is 0 Å². The van der Waals surface area contributed by atoms with Crippen molar-refractivity contribution < 1.29 is 14.6 Å². The molecule has 0 radical (unpaired) electrons. The molecule has 0 aliphatic rings. The largest absolute Gasteiger partial charge is 0.497 e. The molecule has 0 saturated carbocycles. The van der Waals surface area contributed by atoms with Gasteiger partial charge in [-0.15, -0.1) is 11.3 Å². The minimum Gasteiger partial charge on any atom is -0.497 e. The summed E-state index contributed by atoms with van der Waals surface area (Å²) in [6.45, 7) is 0. The molecule has 0 aliphatic carbocycles. The van der Waals surface area contributed by atoms with Crippen LogP contribution < -0.4 is 4.74 Å². The molecule has 2 heterocycles. The number of aromatic carboxylic acids is 1. The number of carbonyl (C=O) groups is 1. The standard InChI is InChI=1S/C17H14N2O3S/c1-22-13-6-4-11(5-7-13)9-14-15(17(20)21)23-16(19-14)12-3-2-8-18-10-12/h2-8,10H,9H2,1H3,(H,20,21). The Hall–Kier alpha value is -2.73.